The summed E-state index contributed by atoms with van der Waals surface area (Å²) >= 11 is 5.76. The summed E-state index contributed by atoms with van der Waals surface area (Å²) < 4.78 is 39.9. The predicted octanol–water partition coefficient (Wildman–Crippen LogP) is 4.15. The maximum absolute atomic E-state index is 13.7. The third-order valence-electron chi connectivity index (χ3n) is 3.61. The van der Waals surface area contributed by atoms with E-state index in [0.717, 1.165) is 0 Å². The number of hydrogen-bond donors (Lipinski definition) is 2. The number of carbonyl (C=O) groups excluding carboxylic acids is 2. The number of amides is 2. The number of halogens is 4. The van der Waals surface area contributed by atoms with Gasteiger partial charge in [-0.15, -0.1) is 0 Å². The zero-order valence-electron chi connectivity index (χ0n) is 13.9. The highest BCUT2D eigenvalue weighted by molar-refractivity contribution is 6.30. The molecule has 0 aliphatic carbocycles. The number of benzene rings is 2. The summed E-state index contributed by atoms with van der Waals surface area (Å²) in [6.45, 7) is 3.35. The van der Waals surface area contributed by atoms with Gasteiger partial charge in [-0.2, -0.15) is 0 Å². The van der Waals surface area contributed by atoms with E-state index in [1.807, 2.05) is 0 Å². The van der Waals surface area contributed by atoms with Gasteiger partial charge in [-0.3, -0.25) is 9.59 Å². The lowest BCUT2D eigenvalue weighted by Crippen LogP contribution is -2.47. The number of hydrogen-bond acceptors (Lipinski definition) is 2. The van der Waals surface area contributed by atoms with Crippen LogP contribution in [0.4, 0.5) is 18.9 Å². The average molecular weight is 385 g/mol. The highest BCUT2D eigenvalue weighted by atomic mass is 35.5. The van der Waals surface area contributed by atoms with Crippen molar-refractivity contribution in [2.24, 2.45) is 5.92 Å². The van der Waals surface area contributed by atoms with Crippen molar-refractivity contribution in [3.05, 3.63) is 64.4 Å². The largest absolute Gasteiger partial charge is 0.340 e. The van der Waals surface area contributed by atoms with Crippen molar-refractivity contribution in [1.82, 2.24) is 5.32 Å². The number of carbonyl (C=O) groups is 2. The summed E-state index contributed by atoms with van der Waals surface area (Å²) in [5.74, 6) is -5.41. The first-order chi connectivity index (χ1) is 12.2. The van der Waals surface area contributed by atoms with Crippen LogP contribution in [0.15, 0.2) is 36.4 Å². The topological polar surface area (TPSA) is 58.2 Å². The smallest absolute Gasteiger partial charge is 0.251 e. The Morgan fingerprint density at radius 1 is 0.962 bits per heavy atom. The van der Waals surface area contributed by atoms with E-state index < -0.39 is 41.0 Å². The summed E-state index contributed by atoms with van der Waals surface area (Å²) in [4.78, 5) is 24.7. The van der Waals surface area contributed by atoms with E-state index in [-0.39, 0.29) is 11.5 Å². The van der Waals surface area contributed by atoms with Crippen LogP contribution >= 0.6 is 11.6 Å². The Morgan fingerprint density at radius 3 is 2.12 bits per heavy atom. The zero-order chi connectivity index (χ0) is 19.4. The first-order valence-electron chi connectivity index (χ1n) is 7.71. The van der Waals surface area contributed by atoms with Gasteiger partial charge in [0.1, 0.15) is 11.9 Å². The molecule has 2 N–H and O–H groups in total. The predicted molar refractivity (Wildman–Crippen MR) is 92.5 cm³/mol. The van der Waals surface area contributed by atoms with Crippen molar-refractivity contribution in [3.8, 4) is 0 Å². The molecule has 0 aliphatic rings. The molecule has 0 aliphatic heterocycles. The third kappa shape index (κ3) is 4.76. The molecule has 4 nitrogen and oxygen atoms in total. The van der Waals surface area contributed by atoms with Gasteiger partial charge in [-0.25, -0.2) is 13.2 Å². The summed E-state index contributed by atoms with van der Waals surface area (Å²) in [6.07, 6.45) is 0. The lowest BCUT2D eigenvalue weighted by atomic mass is 10.0. The Morgan fingerprint density at radius 2 is 1.54 bits per heavy atom. The minimum atomic E-state index is -1.36. The molecule has 2 aromatic carbocycles. The van der Waals surface area contributed by atoms with Crippen LogP contribution in [0, 0.1) is 23.4 Å². The SMILES string of the molecule is CC(C)C(NC(=O)c1ccc(Cl)cc1)C(=O)Nc1cc(F)c(F)cc1F. The molecule has 0 heterocycles. The van der Waals surface area contributed by atoms with E-state index in [1.165, 1.54) is 24.3 Å². The summed E-state index contributed by atoms with van der Waals surface area (Å²) in [5.41, 5.74) is -0.229. The van der Waals surface area contributed by atoms with E-state index in [2.05, 4.69) is 10.6 Å². The maximum Gasteiger partial charge on any atom is 0.251 e. The van der Waals surface area contributed by atoms with Crippen LogP contribution in [0.1, 0.15) is 24.2 Å². The van der Waals surface area contributed by atoms with Gasteiger partial charge < -0.3 is 10.6 Å². The van der Waals surface area contributed by atoms with E-state index in [0.29, 0.717) is 17.2 Å². The Hall–Kier alpha value is -2.54. The van der Waals surface area contributed by atoms with Gasteiger partial charge in [-0.1, -0.05) is 25.4 Å². The van der Waals surface area contributed by atoms with Gasteiger partial charge in [-0.05, 0) is 30.2 Å². The summed E-state index contributed by atoms with van der Waals surface area (Å²) in [6, 6.07) is 5.88. The quantitative estimate of drug-likeness (QED) is 0.761. The molecule has 0 radical (unpaired) electrons. The molecule has 0 spiro atoms. The van der Waals surface area contributed by atoms with Crippen molar-refractivity contribution >= 4 is 29.1 Å². The molecule has 1 atom stereocenters. The minimum Gasteiger partial charge on any atom is -0.340 e. The molecule has 0 aromatic heterocycles. The average Bonchev–Trinajstić information content (AvgIpc) is 2.57. The van der Waals surface area contributed by atoms with Gasteiger partial charge in [0.15, 0.2) is 11.6 Å². The van der Waals surface area contributed by atoms with Crippen molar-refractivity contribution < 1.29 is 22.8 Å². The van der Waals surface area contributed by atoms with Gasteiger partial charge in [0.25, 0.3) is 5.91 Å². The fraction of sp³-hybridized carbons (Fsp3) is 0.222. The highest BCUT2D eigenvalue weighted by Crippen LogP contribution is 2.19. The third-order valence-corrected chi connectivity index (χ3v) is 3.86. The number of rotatable bonds is 5. The van der Waals surface area contributed by atoms with E-state index >= 15 is 0 Å². The lowest BCUT2D eigenvalue weighted by Gasteiger charge is -2.22. The molecule has 1 unspecified atom stereocenters. The molecule has 8 heteroatoms. The van der Waals surface area contributed by atoms with Crippen molar-refractivity contribution in [2.45, 2.75) is 19.9 Å². The zero-order valence-corrected chi connectivity index (χ0v) is 14.7. The first-order valence-corrected chi connectivity index (χ1v) is 8.08. The van der Waals surface area contributed by atoms with Crippen molar-refractivity contribution in [3.63, 3.8) is 0 Å². The lowest BCUT2D eigenvalue weighted by molar-refractivity contribution is -0.118. The highest BCUT2D eigenvalue weighted by Gasteiger charge is 2.26. The molecule has 2 amide bonds. The Bertz CT molecular complexity index is 826. The molecule has 26 heavy (non-hydrogen) atoms. The van der Waals surface area contributed by atoms with E-state index in [4.69, 9.17) is 11.6 Å². The molecule has 138 valence electrons. The van der Waals surface area contributed by atoms with Gasteiger partial charge >= 0.3 is 0 Å². The number of anilines is 1. The monoisotopic (exact) mass is 384 g/mol. The fourth-order valence-electron chi connectivity index (χ4n) is 2.19. The van der Waals surface area contributed by atoms with Crippen LogP contribution in [0.3, 0.4) is 0 Å². The summed E-state index contributed by atoms with van der Waals surface area (Å²) in [7, 11) is 0. The Kier molecular flexibility index (Phi) is 6.26. The molecule has 0 saturated heterocycles. The molecular formula is C18H16ClF3N2O2. The molecular weight excluding hydrogens is 369 g/mol. The van der Waals surface area contributed by atoms with Crippen molar-refractivity contribution in [2.75, 3.05) is 5.32 Å². The van der Waals surface area contributed by atoms with Gasteiger partial charge in [0.05, 0.1) is 5.69 Å². The van der Waals surface area contributed by atoms with Crippen LogP contribution in [-0.4, -0.2) is 17.9 Å². The van der Waals surface area contributed by atoms with Crippen LogP contribution in [0.5, 0.6) is 0 Å². The molecule has 2 rings (SSSR count). The molecule has 0 bridgehead atoms. The van der Waals surface area contributed by atoms with E-state index in [9.17, 15) is 22.8 Å². The second-order valence-electron chi connectivity index (χ2n) is 5.94. The second-order valence-corrected chi connectivity index (χ2v) is 6.37. The Balaban J connectivity index is 2.16. The van der Waals surface area contributed by atoms with E-state index in [1.54, 1.807) is 13.8 Å². The molecule has 2 aromatic rings. The normalized spacial score (nSPS) is 12.0. The van der Waals surface area contributed by atoms with Crippen LogP contribution < -0.4 is 10.6 Å². The standard InChI is InChI=1S/C18H16ClF3N2O2/c1-9(2)16(24-17(25)10-3-5-11(19)6-4-10)18(26)23-15-8-13(21)12(20)7-14(15)22/h3-9,16H,1-2H3,(H,23,26)(H,24,25). The number of nitrogens with one attached hydrogen (secondary N) is 2. The minimum absolute atomic E-state index is 0.284. The van der Waals surface area contributed by atoms with Crippen molar-refractivity contribution in [1.29, 1.82) is 0 Å². The maximum atomic E-state index is 13.7. The first kappa shape index (κ1) is 19.8. The van der Waals surface area contributed by atoms with Crippen LogP contribution in [0.25, 0.3) is 0 Å². The molecule has 0 fully saturated rings. The summed E-state index contributed by atoms with van der Waals surface area (Å²) in [5, 5.41) is 5.15. The second kappa shape index (κ2) is 8.23. The van der Waals surface area contributed by atoms with Gasteiger partial charge in [0.2, 0.25) is 5.91 Å². The Labute approximate surface area is 153 Å². The molecule has 0 saturated carbocycles. The van der Waals surface area contributed by atoms with Crippen LogP contribution in [0.2, 0.25) is 5.02 Å². The van der Waals surface area contributed by atoms with Gasteiger partial charge in [0, 0.05) is 22.7 Å². The van der Waals surface area contributed by atoms with Crippen LogP contribution in [-0.2, 0) is 4.79 Å². The fourth-order valence-corrected chi connectivity index (χ4v) is 2.32.